The first-order valence-electron chi connectivity index (χ1n) is 8.05. The highest BCUT2D eigenvalue weighted by molar-refractivity contribution is 7.99. The number of aryl methyl sites for hydroxylation is 1. The van der Waals surface area contributed by atoms with Crippen LogP contribution < -0.4 is 10.6 Å². The Morgan fingerprint density at radius 2 is 2.26 bits per heavy atom. The molecule has 1 aromatic rings. The van der Waals surface area contributed by atoms with Gasteiger partial charge in [0.1, 0.15) is 12.4 Å². The lowest BCUT2D eigenvalue weighted by Gasteiger charge is -2.17. The van der Waals surface area contributed by atoms with Gasteiger partial charge in [-0.3, -0.25) is 0 Å². The summed E-state index contributed by atoms with van der Waals surface area (Å²) in [6.07, 6.45) is 5.84. The molecule has 2 atom stereocenters. The van der Waals surface area contributed by atoms with Crippen LogP contribution in [0.25, 0.3) is 0 Å². The molecule has 130 valence electrons. The van der Waals surface area contributed by atoms with E-state index in [2.05, 4.69) is 32.1 Å². The van der Waals surface area contributed by atoms with Crippen molar-refractivity contribution in [3.63, 3.8) is 0 Å². The van der Waals surface area contributed by atoms with E-state index in [1.54, 1.807) is 7.11 Å². The van der Waals surface area contributed by atoms with E-state index in [-0.39, 0.29) is 0 Å². The van der Waals surface area contributed by atoms with Crippen molar-refractivity contribution in [1.29, 1.82) is 0 Å². The molecular formula is C15H28N6OS. The van der Waals surface area contributed by atoms with E-state index in [1.807, 2.05) is 30.3 Å². The maximum Gasteiger partial charge on any atom is 0.192 e. The molecule has 0 aromatic carbocycles. The third-order valence-corrected chi connectivity index (χ3v) is 5.31. The van der Waals surface area contributed by atoms with Gasteiger partial charge < -0.3 is 19.9 Å². The molecule has 0 saturated heterocycles. The molecule has 2 unspecified atom stereocenters. The van der Waals surface area contributed by atoms with Crippen LogP contribution in [0.1, 0.15) is 30.9 Å². The largest absolute Gasteiger partial charge is 0.383 e. The lowest BCUT2D eigenvalue weighted by Crippen LogP contribution is -2.43. The standard InChI is InChI=1S/C15H28N6OS/c1-11-19-20-14(21(11)2)10-17-15(16-7-8-22-3)18-12-5-6-13(9-12)23-4/h12-13H,5-10H2,1-4H3,(H2,16,17,18). The minimum Gasteiger partial charge on any atom is -0.383 e. The first-order chi connectivity index (χ1) is 11.1. The SMILES string of the molecule is COCCNC(=NCc1nnc(C)n1C)NC1CCC(SC)C1. The fourth-order valence-corrected chi connectivity index (χ4v) is 3.44. The lowest BCUT2D eigenvalue weighted by atomic mass is 10.2. The number of guanidine groups is 1. The highest BCUT2D eigenvalue weighted by atomic mass is 32.2. The fraction of sp³-hybridized carbons (Fsp3) is 0.800. The summed E-state index contributed by atoms with van der Waals surface area (Å²) in [6, 6.07) is 0.488. The Balaban J connectivity index is 1.95. The summed E-state index contributed by atoms with van der Waals surface area (Å²) in [6.45, 7) is 3.84. The molecule has 0 radical (unpaired) electrons. The molecule has 1 aliphatic carbocycles. The Kier molecular flexibility index (Phi) is 7.16. The van der Waals surface area contributed by atoms with Crippen LogP contribution in [-0.4, -0.2) is 58.5 Å². The molecule has 0 aliphatic heterocycles. The average Bonchev–Trinajstić information content (AvgIpc) is 3.13. The van der Waals surface area contributed by atoms with Gasteiger partial charge in [-0.15, -0.1) is 10.2 Å². The van der Waals surface area contributed by atoms with Crippen LogP contribution in [0.15, 0.2) is 4.99 Å². The summed E-state index contributed by atoms with van der Waals surface area (Å²) in [5.41, 5.74) is 0. The van der Waals surface area contributed by atoms with E-state index in [9.17, 15) is 0 Å². The van der Waals surface area contributed by atoms with Gasteiger partial charge in [0, 0.05) is 32.0 Å². The molecule has 1 saturated carbocycles. The Hall–Kier alpha value is -1.28. The van der Waals surface area contributed by atoms with Gasteiger partial charge in [0.05, 0.1) is 6.61 Å². The summed E-state index contributed by atoms with van der Waals surface area (Å²) >= 11 is 1.96. The zero-order chi connectivity index (χ0) is 16.7. The van der Waals surface area contributed by atoms with Crippen molar-refractivity contribution in [2.24, 2.45) is 12.0 Å². The van der Waals surface area contributed by atoms with Crippen LogP contribution in [0.5, 0.6) is 0 Å². The van der Waals surface area contributed by atoms with Crippen molar-refractivity contribution in [1.82, 2.24) is 25.4 Å². The van der Waals surface area contributed by atoms with E-state index in [0.29, 0.717) is 19.2 Å². The monoisotopic (exact) mass is 340 g/mol. The van der Waals surface area contributed by atoms with Gasteiger partial charge in [-0.25, -0.2) is 4.99 Å². The number of aromatic nitrogens is 3. The van der Waals surface area contributed by atoms with Crippen molar-refractivity contribution in [2.45, 2.75) is 44.0 Å². The Morgan fingerprint density at radius 3 is 2.87 bits per heavy atom. The van der Waals surface area contributed by atoms with Crippen molar-refractivity contribution in [2.75, 3.05) is 26.5 Å². The average molecular weight is 340 g/mol. The minimum atomic E-state index is 0.488. The quantitative estimate of drug-likeness (QED) is 0.440. The lowest BCUT2D eigenvalue weighted by molar-refractivity contribution is 0.203. The molecule has 23 heavy (non-hydrogen) atoms. The van der Waals surface area contributed by atoms with Gasteiger partial charge in [-0.2, -0.15) is 11.8 Å². The van der Waals surface area contributed by atoms with Gasteiger partial charge in [0.25, 0.3) is 0 Å². The summed E-state index contributed by atoms with van der Waals surface area (Å²) in [7, 11) is 3.67. The third kappa shape index (κ3) is 5.39. The second-order valence-corrected chi connectivity index (χ2v) is 6.96. The van der Waals surface area contributed by atoms with Crippen LogP contribution in [0.4, 0.5) is 0 Å². The molecule has 2 rings (SSSR count). The maximum absolute atomic E-state index is 5.11. The van der Waals surface area contributed by atoms with Gasteiger partial charge in [-0.05, 0) is 32.4 Å². The first kappa shape index (κ1) is 18.1. The topological polar surface area (TPSA) is 76.4 Å². The number of ether oxygens (including phenoxy) is 1. The highest BCUT2D eigenvalue weighted by Gasteiger charge is 2.24. The molecule has 7 nitrogen and oxygen atoms in total. The van der Waals surface area contributed by atoms with E-state index < -0.39 is 0 Å². The van der Waals surface area contributed by atoms with Crippen LogP contribution in [0.2, 0.25) is 0 Å². The third-order valence-electron chi connectivity index (χ3n) is 4.22. The predicted octanol–water partition coefficient (Wildman–Crippen LogP) is 1.09. The van der Waals surface area contributed by atoms with E-state index >= 15 is 0 Å². The molecule has 1 aliphatic rings. The molecule has 1 heterocycles. The van der Waals surface area contributed by atoms with Crippen LogP contribution >= 0.6 is 11.8 Å². The fourth-order valence-electron chi connectivity index (χ4n) is 2.64. The zero-order valence-electron chi connectivity index (χ0n) is 14.5. The van der Waals surface area contributed by atoms with Crippen molar-refractivity contribution < 1.29 is 4.74 Å². The normalized spacial score (nSPS) is 21.7. The van der Waals surface area contributed by atoms with Gasteiger partial charge in [0.2, 0.25) is 0 Å². The maximum atomic E-state index is 5.11. The Bertz CT molecular complexity index is 518. The number of methoxy groups -OCH3 is 1. The Labute approximate surface area is 142 Å². The number of rotatable bonds is 7. The van der Waals surface area contributed by atoms with Crippen molar-refractivity contribution in [3.8, 4) is 0 Å². The number of nitrogens with one attached hydrogen (secondary N) is 2. The van der Waals surface area contributed by atoms with E-state index in [0.717, 1.165) is 29.4 Å². The Morgan fingerprint density at radius 1 is 1.43 bits per heavy atom. The van der Waals surface area contributed by atoms with Gasteiger partial charge >= 0.3 is 0 Å². The molecule has 0 bridgehead atoms. The predicted molar refractivity (Wildman–Crippen MR) is 94.8 cm³/mol. The van der Waals surface area contributed by atoms with Crippen LogP contribution in [-0.2, 0) is 18.3 Å². The van der Waals surface area contributed by atoms with E-state index in [4.69, 9.17) is 4.74 Å². The number of nitrogens with zero attached hydrogens (tertiary/aromatic N) is 4. The van der Waals surface area contributed by atoms with Crippen molar-refractivity contribution in [3.05, 3.63) is 11.6 Å². The molecule has 1 aromatic heterocycles. The summed E-state index contributed by atoms with van der Waals surface area (Å²) < 4.78 is 7.07. The molecule has 0 amide bonds. The number of hydrogen-bond donors (Lipinski definition) is 2. The summed E-state index contributed by atoms with van der Waals surface area (Å²) in [5.74, 6) is 2.59. The highest BCUT2D eigenvalue weighted by Crippen LogP contribution is 2.28. The second-order valence-electron chi connectivity index (χ2n) is 5.82. The second kappa shape index (κ2) is 9.12. The van der Waals surface area contributed by atoms with Crippen LogP contribution in [0.3, 0.4) is 0 Å². The zero-order valence-corrected chi connectivity index (χ0v) is 15.3. The first-order valence-corrected chi connectivity index (χ1v) is 9.34. The molecule has 1 fully saturated rings. The number of hydrogen-bond acceptors (Lipinski definition) is 5. The van der Waals surface area contributed by atoms with Gasteiger partial charge in [-0.1, -0.05) is 0 Å². The molecule has 2 N–H and O–H groups in total. The summed E-state index contributed by atoms with van der Waals surface area (Å²) in [5, 5.41) is 15.9. The smallest absolute Gasteiger partial charge is 0.192 e. The molecular weight excluding hydrogens is 312 g/mol. The summed E-state index contributed by atoms with van der Waals surface area (Å²) in [4.78, 5) is 4.66. The van der Waals surface area contributed by atoms with Crippen LogP contribution in [0, 0.1) is 6.92 Å². The minimum absolute atomic E-state index is 0.488. The molecule has 0 spiro atoms. The number of thioether (sulfide) groups is 1. The van der Waals surface area contributed by atoms with Gasteiger partial charge in [0.15, 0.2) is 11.8 Å². The number of aliphatic imine (C=N–C) groups is 1. The molecule has 8 heteroatoms. The van der Waals surface area contributed by atoms with E-state index in [1.165, 1.54) is 19.3 Å². The van der Waals surface area contributed by atoms with Crippen molar-refractivity contribution >= 4 is 17.7 Å².